The van der Waals surface area contributed by atoms with E-state index in [4.69, 9.17) is 4.52 Å². The molecular formula is C12H14N4O3. The fourth-order valence-corrected chi connectivity index (χ4v) is 1.52. The Morgan fingerprint density at radius 2 is 2.21 bits per heavy atom. The van der Waals surface area contributed by atoms with Crippen LogP contribution in [0.1, 0.15) is 36.1 Å². The molecule has 100 valence electrons. The average molecular weight is 262 g/mol. The van der Waals surface area contributed by atoms with Gasteiger partial charge < -0.3 is 14.9 Å². The highest BCUT2D eigenvalue weighted by atomic mass is 16.5. The van der Waals surface area contributed by atoms with Crippen molar-refractivity contribution in [2.24, 2.45) is 0 Å². The van der Waals surface area contributed by atoms with Gasteiger partial charge in [0.25, 0.3) is 5.91 Å². The van der Waals surface area contributed by atoms with Gasteiger partial charge in [-0.05, 0) is 26.0 Å². The quantitative estimate of drug-likeness (QED) is 0.860. The molecule has 1 amide bonds. The predicted octanol–water partition coefficient (Wildman–Crippen LogP) is 1.14. The van der Waals surface area contributed by atoms with E-state index in [0.29, 0.717) is 11.7 Å². The van der Waals surface area contributed by atoms with Gasteiger partial charge in [-0.3, -0.25) is 4.79 Å². The van der Waals surface area contributed by atoms with E-state index in [2.05, 4.69) is 20.4 Å². The molecule has 0 aromatic carbocycles. The molecule has 2 rings (SSSR count). The first-order chi connectivity index (χ1) is 8.90. The maximum Gasteiger partial charge on any atom is 0.274 e. The van der Waals surface area contributed by atoms with Gasteiger partial charge >= 0.3 is 0 Å². The number of aryl methyl sites for hydroxylation is 1. The van der Waals surface area contributed by atoms with Gasteiger partial charge in [-0.2, -0.15) is 4.98 Å². The summed E-state index contributed by atoms with van der Waals surface area (Å²) >= 11 is 0. The van der Waals surface area contributed by atoms with Crippen molar-refractivity contribution in [1.29, 1.82) is 0 Å². The van der Waals surface area contributed by atoms with Gasteiger partial charge in [0.05, 0.1) is 5.54 Å². The van der Waals surface area contributed by atoms with Gasteiger partial charge in [0.1, 0.15) is 5.75 Å². The second kappa shape index (κ2) is 4.68. The third-order valence-corrected chi connectivity index (χ3v) is 2.51. The van der Waals surface area contributed by atoms with E-state index < -0.39 is 11.4 Å². The van der Waals surface area contributed by atoms with Crippen LogP contribution in [0, 0.1) is 6.92 Å². The van der Waals surface area contributed by atoms with Crippen LogP contribution in [0.3, 0.4) is 0 Å². The summed E-state index contributed by atoms with van der Waals surface area (Å²) in [6, 6.07) is 2.94. The van der Waals surface area contributed by atoms with Crippen LogP contribution in [-0.2, 0) is 5.54 Å². The molecule has 0 aliphatic carbocycles. The molecule has 0 bridgehead atoms. The molecule has 0 saturated carbocycles. The minimum absolute atomic E-state index is 0.0456. The van der Waals surface area contributed by atoms with Crippen LogP contribution in [0.4, 0.5) is 0 Å². The average Bonchev–Trinajstić information content (AvgIpc) is 2.76. The Labute approximate surface area is 109 Å². The number of rotatable bonds is 3. The van der Waals surface area contributed by atoms with Gasteiger partial charge in [-0.15, -0.1) is 0 Å². The van der Waals surface area contributed by atoms with E-state index in [1.807, 2.05) is 0 Å². The highest BCUT2D eigenvalue weighted by molar-refractivity contribution is 5.95. The Bertz CT molecular complexity index is 607. The Balaban J connectivity index is 2.21. The minimum atomic E-state index is -0.835. The van der Waals surface area contributed by atoms with Crippen molar-refractivity contribution in [2.45, 2.75) is 26.3 Å². The van der Waals surface area contributed by atoms with E-state index in [1.54, 1.807) is 26.8 Å². The topological polar surface area (TPSA) is 101 Å². The zero-order chi connectivity index (χ0) is 14.0. The SMILES string of the molecule is Cc1nc(C(C)(C)NC(=O)c2ncccc2O)no1. The van der Waals surface area contributed by atoms with Crippen molar-refractivity contribution in [3.05, 3.63) is 35.7 Å². The molecule has 0 saturated heterocycles. The van der Waals surface area contributed by atoms with E-state index >= 15 is 0 Å². The summed E-state index contributed by atoms with van der Waals surface area (Å²) < 4.78 is 4.88. The molecule has 7 heteroatoms. The predicted molar refractivity (Wildman–Crippen MR) is 65.4 cm³/mol. The zero-order valence-corrected chi connectivity index (χ0v) is 10.8. The molecule has 0 aliphatic heterocycles. The van der Waals surface area contributed by atoms with Gasteiger partial charge in [0.2, 0.25) is 5.89 Å². The Hall–Kier alpha value is -2.44. The van der Waals surface area contributed by atoms with Crippen LogP contribution in [0.25, 0.3) is 0 Å². The third-order valence-electron chi connectivity index (χ3n) is 2.51. The second-order valence-corrected chi connectivity index (χ2v) is 4.59. The van der Waals surface area contributed by atoms with Crippen molar-refractivity contribution < 1.29 is 14.4 Å². The third kappa shape index (κ3) is 2.70. The van der Waals surface area contributed by atoms with Crippen molar-refractivity contribution in [3.63, 3.8) is 0 Å². The fourth-order valence-electron chi connectivity index (χ4n) is 1.52. The number of carbonyl (C=O) groups is 1. The summed E-state index contributed by atoms with van der Waals surface area (Å²) in [6.07, 6.45) is 1.43. The first-order valence-electron chi connectivity index (χ1n) is 5.67. The molecule has 7 nitrogen and oxygen atoms in total. The van der Waals surface area contributed by atoms with Crippen molar-refractivity contribution in [1.82, 2.24) is 20.4 Å². The monoisotopic (exact) mass is 262 g/mol. The van der Waals surface area contributed by atoms with Crippen LogP contribution in [-0.4, -0.2) is 26.1 Å². The maximum absolute atomic E-state index is 12.0. The number of amides is 1. The van der Waals surface area contributed by atoms with Crippen LogP contribution in [0.2, 0.25) is 0 Å². The highest BCUT2D eigenvalue weighted by Gasteiger charge is 2.29. The number of pyridine rings is 1. The first kappa shape index (κ1) is 13.0. The Morgan fingerprint density at radius 3 is 2.79 bits per heavy atom. The highest BCUT2D eigenvalue weighted by Crippen LogP contribution is 2.19. The number of hydrogen-bond donors (Lipinski definition) is 2. The summed E-state index contributed by atoms with van der Waals surface area (Å²) in [6.45, 7) is 5.13. The number of aromatic hydroxyl groups is 1. The molecule has 0 aliphatic rings. The largest absolute Gasteiger partial charge is 0.505 e. The molecule has 2 heterocycles. The standard InChI is InChI=1S/C12H14N4O3/c1-7-14-11(16-19-7)12(2,3)15-10(18)9-8(17)5-4-6-13-9/h4-6,17H,1-3H3,(H,15,18). The summed E-state index contributed by atoms with van der Waals surface area (Å²) in [5, 5.41) is 16.0. The number of nitrogens with one attached hydrogen (secondary N) is 1. The molecule has 0 atom stereocenters. The van der Waals surface area contributed by atoms with Crippen molar-refractivity contribution in [2.75, 3.05) is 0 Å². The molecular weight excluding hydrogens is 248 g/mol. The molecule has 0 unspecified atom stereocenters. The molecule has 19 heavy (non-hydrogen) atoms. The lowest BCUT2D eigenvalue weighted by atomic mass is 10.0. The van der Waals surface area contributed by atoms with E-state index in [9.17, 15) is 9.90 Å². The van der Waals surface area contributed by atoms with E-state index in [-0.39, 0.29) is 11.4 Å². The molecule has 0 fully saturated rings. The van der Waals surface area contributed by atoms with Crippen LogP contribution >= 0.6 is 0 Å². The lowest BCUT2D eigenvalue weighted by Gasteiger charge is -2.22. The summed E-state index contributed by atoms with van der Waals surface area (Å²) in [5.74, 6) is 0.0809. The van der Waals surface area contributed by atoms with Gasteiger partial charge in [0.15, 0.2) is 11.5 Å². The summed E-state index contributed by atoms with van der Waals surface area (Å²) in [4.78, 5) is 20.0. The summed E-state index contributed by atoms with van der Waals surface area (Å²) in [5.41, 5.74) is -0.880. The van der Waals surface area contributed by atoms with Gasteiger partial charge in [-0.25, -0.2) is 4.98 Å². The van der Waals surface area contributed by atoms with E-state index in [0.717, 1.165) is 0 Å². The van der Waals surface area contributed by atoms with Crippen LogP contribution in [0.15, 0.2) is 22.9 Å². The lowest BCUT2D eigenvalue weighted by Crippen LogP contribution is -2.42. The Kier molecular flexibility index (Phi) is 3.20. The summed E-state index contributed by atoms with van der Waals surface area (Å²) in [7, 11) is 0. The van der Waals surface area contributed by atoms with Crippen molar-refractivity contribution >= 4 is 5.91 Å². The van der Waals surface area contributed by atoms with Gasteiger partial charge in [-0.1, -0.05) is 5.16 Å². The molecule has 0 radical (unpaired) electrons. The zero-order valence-electron chi connectivity index (χ0n) is 10.8. The molecule has 0 spiro atoms. The Morgan fingerprint density at radius 1 is 1.47 bits per heavy atom. The number of nitrogens with zero attached hydrogens (tertiary/aromatic N) is 3. The van der Waals surface area contributed by atoms with E-state index in [1.165, 1.54) is 12.3 Å². The molecule has 2 aromatic heterocycles. The van der Waals surface area contributed by atoms with Crippen molar-refractivity contribution in [3.8, 4) is 5.75 Å². The molecule has 2 N–H and O–H groups in total. The van der Waals surface area contributed by atoms with Gasteiger partial charge in [0, 0.05) is 13.1 Å². The lowest BCUT2D eigenvalue weighted by molar-refractivity contribution is 0.0899. The number of aromatic nitrogens is 3. The molecule has 2 aromatic rings. The van der Waals surface area contributed by atoms with Crippen LogP contribution < -0.4 is 5.32 Å². The normalized spacial score (nSPS) is 11.3. The fraction of sp³-hybridized carbons (Fsp3) is 0.333. The second-order valence-electron chi connectivity index (χ2n) is 4.59. The first-order valence-corrected chi connectivity index (χ1v) is 5.67. The number of carbonyl (C=O) groups excluding carboxylic acids is 1. The minimum Gasteiger partial charge on any atom is -0.505 e. The smallest absolute Gasteiger partial charge is 0.274 e. The van der Waals surface area contributed by atoms with Crippen LogP contribution in [0.5, 0.6) is 5.75 Å². The maximum atomic E-state index is 12.0. The number of hydrogen-bond acceptors (Lipinski definition) is 6.